The number of esters is 1. The number of halogens is 3. The van der Waals surface area contributed by atoms with Crippen LogP contribution in [0.1, 0.15) is 97.0 Å². The van der Waals surface area contributed by atoms with Crippen molar-refractivity contribution in [2.75, 3.05) is 6.61 Å². The summed E-state index contributed by atoms with van der Waals surface area (Å²) in [6.45, 7) is 7.85. The van der Waals surface area contributed by atoms with Gasteiger partial charge in [-0.3, -0.25) is 24.0 Å². The van der Waals surface area contributed by atoms with E-state index in [-0.39, 0.29) is 42.1 Å². The van der Waals surface area contributed by atoms with Crippen LogP contribution in [0.4, 0.5) is 13.2 Å². The van der Waals surface area contributed by atoms with Gasteiger partial charge < -0.3 is 19.8 Å². The van der Waals surface area contributed by atoms with Gasteiger partial charge in [-0.1, -0.05) is 26.3 Å². The van der Waals surface area contributed by atoms with E-state index in [0.29, 0.717) is 50.8 Å². The van der Waals surface area contributed by atoms with Crippen LogP contribution in [0.3, 0.4) is 0 Å². The van der Waals surface area contributed by atoms with Crippen LogP contribution in [0.15, 0.2) is 24.3 Å². The lowest BCUT2D eigenvalue weighted by molar-refractivity contribution is -0.224. The molecular weight excluding hydrogens is 605 g/mol. The Balaban J connectivity index is 1.81. The fraction of sp³-hybridized carbons (Fsp3) is 0.618. The summed E-state index contributed by atoms with van der Waals surface area (Å²) in [5.74, 6) is -4.25. The number of carbonyl (C=O) groups excluding carboxylic acids is 5. The van der Waals surface area contributed by atoms with Gasteiger partial charge in [-0.05, 0) is 77.5 Å². The Kier molecular flexibility index (Phi) is 12.2. The first kappa shape index (κ1) is 36.8. The number of aromatic amines is 1. The largest absolute Gasteiger partial charge is 0.490 e. The summed E-state index contributed by atoms with van der Waals surface area (Å²) < 4.78 is 50.6. The number of rotatable bonds is 15. The van der Waals surface area contributed by atoms with Crippen molar-refractivity contribution < 1.29 is 46.6 Å². The maximum Gasteiger partial charge on any atom is 0.404 e. The zero-order valence-corrected chi connectivity index (χ0v) is 27.3. The van der Waals surface area contributed by atoms with Crippen molar-refractivity contribution in [1.29, 1.82) is 0 Å². The Morgan fingerprint density at radius 2 is 1.76 bits per heavy atom. The van der Waals surface area contributed by atoms with Gasteiger partial charge in [-0.15, -0.1) is 0 Å². The van der Waals surface area contributed by atoms with E-state index in [1.807, 2.05) is 33.8 Å². The molecule has 0 saturated heterocycles. The number of H-pyrrole nitrogens is 1. The number of carbonyl (C=O) groups is 5. The van der Waals surface area contributed by atoms with Crippen LogP contribution in [0.25, 0.3) is 10.9 Å². The highest BCUT2D eigenvalue weighted by atomic mass is 19.4. The molecule has 0 aliphatic heterocycles. The predicted octanol–water partition coefficient (Wildman–Crippen LogP) is 6.53. The van der Waals surface area contributed by atoms with E-state index in [4.69, 9.17) is 9.47 Å². The molecule has 2 aromatic rings. The molecule has 0 spiro atoms. The number of Topliss-reactive ketones (excluding diaryl/α,β-unsaturated/α-hetero) is 3. The Morgan fingerprint density at radius 1 is 1.07 bits per heavy atom. The molecule has 0 radical (unpaired) electrons. The molecule has 1 fully saturated rings. The van der Waals surface area contributed by atoms with Crippen molar-refractivity contribution in [3.8, 4) is 5.75 Å². The van der Waals surface area contributed by atoms with Gasteiger partial charge in [0.1, 0.15) is 11.5 Å². The molecule has 1 aromatic heterocycles. The number of hydrogen-bond donors (Lipinski definition) is 2. The van der Waals surface area contributed by atoms with Crippen molar-refractivity contribution in [3.63, 3.8) is 0 Å². The Bertz CT molecular complexity index is 1430. The summed E-state index contributed by atoms with van der Waals surface area (Å²) in [6.07, 6.45) is -2.67. The van der Waals surface area contributed by atoms with E-state index in [9.17, 15) is 37.1 Å². The number of amides is 1. The van der Waals surface area contributed by atoms with Crippen molar-refractivity contribution in [2.24, 2.45) is 23.2 Å². The molecule has 1 saturated carbocycles. The fourth-order valence-electron chi connectivity index (χ4n) is 5.50. The minimum Gasteiger partial charge on any atom is -0.490 e. The first-order valence-corrected chi connectivity index (χ1v) is 15.8. The molecule has 9 nitrogen and oxygen atoms in total. The summed E-state index contributed by atoms with van der Waals surface area (Å²) in [4.78, 5) is 68.3. The van der Waals surface area contributed by atoms with Gasteiger partial charge in [-0.2, -0.15) is 13.2 Å². The van der Waals surface area contributed by atoms with Crippen LogP contribution >= 0.6 is 0 Å². The number of ketones is 3. The zero-order chi connectivity index (χ0) is 34.4. The van der Waals surface area contributed by atoms with Crippen LogP contribution in [-0.4, -0.2) is 59.1 Å². The van der Waals surface area contributed by atoms with Gasteiger partial charge in [0.2, 0.25) is 5.91 Å². The lowest BCUT2D eigenvalue weighted by Gasteiger charge is -2.28. The molecule has 1 amide bonds. The van der Waals surface area contributed by atoms with Crippen molar-refractivity contribution in [1.82, 2.24) is 10.3 Å². The van der Waals surface area contributed by atoms with Crippen LogP contribution in [0, 0.1) is 23.2 Å². The molecule has 12 heteroatoms. The molecule has 2 N–H and O–H groups in total. The zero-order valence-electron chi connectivity index (χ0n) is 27.3. The molecule has 254 valence electrons. The minimum atomic E-state index is -4.90. The highest BCUT2D eigenvalue weighted by Crippen LogP contribution is 2.38. The van der Waals surface area contributed by atoms with E-state index in [0.717, 1.165) is 11.8 Å². The number of alkyl halides is 3. The second-order valence-corrected chi connectivity index (χ2v) is 13.4. The van der Waals surface area contributed by atoms with Gasteiger partial charge >= 0.3 is 12.1 Å². The lowest BCUT2D eigenvalue weighted by atomic mass is 9.82. The highest BCUT2D eigenvalue weighted by molar-refractivity contribution is 6.02. The van der Waals surface area contributed by atoms with E-state index in [1.54, 1.807) is 18.2 Å². The first-order chi connectivity index (χ1) is 21.4. The summed E-state index contributed by atoms with van der Waals surface area (Å²) >= 11 is 0. The highest BCUT2D eigenvalue weighted by Gasteiger charge is 2.54. The number of aromatic nitrogens is 1. The van der Waals surface area contributed by atoms with Crippen molar-refractivity contribution in [2.45, 2.75) is 105 Å². The van der Waals surface area contributed by atoms with Gasteiger partial charge in [0.15, 0.2) is 23.6 Å². The van der Waals surface area contributed by atoms with Crippen LogP contribution < -0.4 is 10.1 Å². The quantitative estimate of drug-likeness (QED) is 0.166. The van der Waals surface area contributed by atoms with E-state index in [1.165, 1.54) is 0 Å². The summed E-state index contributed by atoms with van der Waals surface area (Å²) in [6, 6.07) is 5.79. The first-order valence-electron chi connectivity index (χ1n) is 15.8. The van der Waals surface area contributed by atoms with Gasteiger partial charge in [0.25, 0.3) is 0 Å². The number of fused-ring (bicyclic) bond motifs is 1. The SMILES string of the molecule is CC(C)C[C@H](CC(=O)c1cc2c(OC(C)C)cccc2[nH]1)C(=O)N[C@@H](C[C@@H]1CCCCC1=O)C(=O)COC(=O)C(C)(C)C(F)(F)F. The molecule has 1 aromatic carbocycles. The monoisotopic (exact) mass is 650 g/mol. The van der Waals surface area contributed by atoms with Crippen molar-refractivity contribution >= 4 is 40.1 Å². The molecular formula is C34H45F3N2O7. The third kappa shape index (κ3) is 9.42. The number of nitrogens with one attached hydrogen (secondary N) is 2. The van der Waals surface area contributed by atoms with Crippen LogP contribution in [-0.2, 0) is 23.9 Å². The molecule has 1 aliphatic rings. The Labute approximate surface area is 267 Å². The third-order valence-corrected chi connectivity index (χ3v) is 8.32. The van der Waals surface area contributed by atoms with Gasteiger partial charge in [0.05, 0.1) is 17.8 Å². The number of hydrogen-bond acceptors (Lipinski definition) is 7. The lowest BCUT2D eigenvalue weighted by Crippen LogP contribution is -2.48. The average molecular weight is 651 g/mol. The fourth-order valence-corrected chi connectivity index (χ4v) is 5.50. The second-order valence-electron chi connectivity index (χ2n) is 13.4. The molecule has 46 heavy (non-hydrogen) atoms. The van der Waals surface area contributed by atoms with E-state index >= 15 is 0 Å². The maximum atomic E-state index is 13.7. The normalized spacial score (nSPS) is 17.2. The van der Waals surface area contributed by atoms with Gasteiger partial charge in [-0.25, -0.2) is 0 Å². The van der Waals surface area contributed by atoms with E-state index < -0.39 is 53.7 Å². The Morgan fingerprint density at radius 3 is 2.37 bits per heavy atom. The molecule has 0 bridgehead atoms. The summed E-state index contributed by atoms with van der Waals surface area (Å²) in [7, 11) is 0. The van der Waals surface area contributed by atoms with Gasteiger partial charge in [0, 0.05) is 35.6 Å². The Hall–Kier alpha value is -3.70. The third-order valence-electron chi connectivity index (χ3n) is 8.32. The smallest absolute Gasteiger partial charge is 0.404 e. The molecule has 1 heterocycles. The van der Waals surface area contributed by atoms with Crippen molar-refractivity contribution in [3.05, 3.63) is 30.0 Å². The predicted molar refractivity (Wildman–Crippen MR) is 165 cm³/mol. The minimum absolute atomic E-state index is 0.00284. The maximum absolute atomic E-state index is 13.7. The van der Waals surface area contributed by atoms with Crippen LogP contribution in [0.5, 0.6) is 5.75 Å². The summed E-state index contributed by atoms with van der Waals surface area (Å²) in [5, 5.41) is 3.38. The molecule has 3 rings (SSSR count). The topological polar surface area (TPSA) is 132 Å². The molecule has 0 unspecified atom stereocenters. The molecule has 3 atom stereocenters. The van der Waals surface area contributed by atoms with E-state index in [2.05, 4.69) is 10.3 Å². The number of benzene rings is 1. The van der Waals surface area contributed by atoms with Crippen LogP contribution in [0.2, 0.25) is 0 Å². The second kappa shape index (κ2) is 15.3. The molecule has 1 aliphatic carbocycles. The standard InChI is InChI=1S/C34H45F3N2O7/c1-19(2)14-22(16-28(41)26-17-23-24(38-26)11-9-13-30(23)46-20(3)4)31(43)39-25(15-21-10-7-8-12-27(21)40)29(42)18-45-32(44)33(5,6)34(35,36)37/h9,11,13,17,19-22,25,38H,7-8,10,12,14-16,18H2,1-6H3,(H,39,43)/t21-,22+,25-/m0/s1. The number of ether oxygens (including phenoxy) is 2. The summed E-state index contributed by atoms with van der Waals surface area (Å²) in [5.41, 5.74) is -1.87. The average Bonchev–Trinajstić information content (AvgIpc) is 3.40.